The minimum atomic E-state index is -0.602. The summed E-state index contributed by atoms with van der Waals surface area (Å²) >= 11 is 1.06. The van der Waals surface area contributed by atoms with Gasteiger partial charge in [0.1, 0.15) is 16.5 Å². The van der Waals surface area contributed by atoms with E-state index in [9.17, 15) is 14.0 Å². The van der Waals surface area contributed by atoms with Crippen LogP contribution in [0.2, 0.25) is 0 Å². The topological polar surface area (TPSA) is 100 Å². The lowest BCUT2D eigenvalue weighted by atomic mass is 10.1. The number of carbonyl (C=O) groups is 2. The Balaban J connectivity index is 1.24. The summed E-state index contributed by atoms with van der Waals surface area (Å²) in [6.45, 7) is 1.08. The number of nitrogen functional groups attached to an aromatic ring is 1. The fraction of sp³-hybridized carbons (Fsp3) is 0.292. The molecule has 1 aliphatic heterocycles. The van der Waals surface area contributed by atoms with E-state index in [2.05, 4.69) is 27.6 Å². The lowest BCUT2D eigenvalue weighted by molar-refractivity contribution is 0.0941. The van der Waals surface area contributed by atoms with E-state index < -0.39 is 11.6 Å². The lowest BCUT2D eigenvalue weighted by Crippen LogP contribution is -2.38. The summed E-state index contributed by atoms with van der Waals surface area (Å²) in [5, 5.41) is 6.65. The van der Waals surface area contributed by atoms with Crippen molar-refractivity contribution in [3.63, 3.8) is 0 Å². The van der Waals surface area contributed by atoms with E-state index in [1.54, 1.807) is 30.3 Å². The van der Waals surface area contributed by atoms with Gasteiger partial charge < -0.3 is 16.4 Å². The van der Waals surface area contributed by atoms with Crippen molar-refractivity contribution < 1.29 is 14.0 Å². The quantitative estimate of drug-likeness (QED) is 0.479. The van der Waals surface area contributed by atoms with E-state index >= 15 is 0 Å². The Hall–Kier alpha value is -3.30. The number of aromatic nitrogens is 1. The van der Waals surface area contributed by atoms with Crippen LogP contribution in [0.3, 0.4) is 0 Å². The van der Waals surface area contributed by atoms with Gasteiger partial charge in [0.05, 0.1) is 5.56 Å². The number of ketones is 1. The van der Waals surface area contributed by atoms with Gasteiger partial charge in [-0.2, -0.15) is 0 Å². The molecule has 1 saturated carbocycles. The second-order valence-electron chi connectivity index (χ2n) is 8.60. The first-order valence-corrected chi connectivity index (χ1v) is 11.6. The number of hydrogen-bond acceptors (Lipinski definition) is 7. The highest BCUT2D eigenvalue weighted by atomic mass is 32.1. The second kappa shape index (κ2) is 8.24. The molecule has 9 heteroatoms. The number of rotatable bonds is 6. The van der Waals surface area contributed by atoms with Crippen LogP contribution in [0.4, 0.5) is 21.0 Å². The number of carbonyl (C=O) groups excluding carboxylic acids is 2. The van der Waals surface area contributed by atoms with Gasteiger partial charge in [-0.25, -0.2) is 9.37 Å². The molecule has 4 N–H and O–H groups in total. The van der Waals surface area contributed by atoms with Crippen molar-refractivity contribution in [3.8, 4) is 0 Å². The number of anilines is 3. The molecule has 0 bridgehead atoms. The average molecular weight is 466 g/mol. The SMILES string of the molecule is CN1CCCC12C[C@H]2NC(=O)c1ccc(Nc2nc(N)c(C(=O)c3ccccc3F)s2)cc1. The lowest BCUT2D eigenvalue weighted by Gasteiger charge is -2.20. The first kappa shape index (κ1) is 21.5. The van der Waals surface area contributed by atoms with Crippen LogP contribution in [0, 0.1) is 5.82 Å². The van der Waals surface area contributed by atoms with Gasteiger partial charge in [0.25, 0.3) is 5.91 Å². The summed E-state index contributed by atoms with van der Waals surface area (Å²) in [6, 6.07) is 13.0. The van der Waals surface area contributed by atoms with Crippen molar-refractivity contribution in [3.05, 3.63) is 70.4 Å². The van der Waals surface area contributed by atoms with Crippen molar-refractivity contribution in [1.29, 1.82) is 0 Å². The number of nitrogens with zero attached hydrogens (tertiary/aromatic N) is 2. The van der Waals surface area contributed by atoms with Gasteiger partial charge in [-0.1, -0.05) is 23.5 Å². The van der Waals surface area contributed by atoms with Crippen molar-refractivity contribution >= 4 is 39.7 Å². The van der Waals surface area contributed by atoms with Crippen LogP contribution in [0.1, 0.15) is 44.9 Å². The molecule has 5 rings (SSSR count). The Morgan fingerprint density at radius 3 is 2.67 bits per heavy atom. The molecule has 0 radical (unpaired) electrons. The predicted octanol–water partition coefficient (Wildman–Crippen LogP) is 3.81. The summed E-state index contributed by atoms with van der Waals surface area (Å²) in [5.74, 6) is -1.15. The molecule has 2 heterocycles. The molecule has 1 saturated heterocycles. The van der Waals surface area contributed by atoms with E-state index in [1.165, 1.54) is 24.6 Å². The van der Waals surface area contributed by atoms with E-state index in [4.69, 9.17) is 5.73 Å². The maximum absolute atomic E-state index is 14.0. The van der Waals surface area contributed by atoms with Crippen molar-refractivity contribution in [2.75, 3.05) is 24.6 Å². The smallest absolute Gasteiger partial charge is 0.251 e. The average Bonchev–Trinajstić information content (AvgIpc) is 3.17. The molecular formula is C24H24FN5O2S. The standard InChI is InChI=1S/C24H24FN5O2S/c1-30-12-4-11-24(30)13-18(24)28-22(32)14-7-9-15(10-8-14)27-23-29-21(26)20(33-23)19(31)16-5-2-3-6-17(16)25/h2-3,5-10,18H,4,11-13,26H2,1H3,(H,27,29)(H,28,32)/t18-,24?/m1/s1. The molecule has 33 heavy (non-hydrogen) atoms. The summed E-state index contributed by atoms with van der Waals surface area (Å²) in [7, 11) is 2.13. The maximum Gasteiger partial charge on any atom is 0.251 e. The van der Waals surface area contributed by atoms with E-state index in [-0.39, 0.29) is 33.7 Å². The molecule has 1 unspecified atom stereocenters. The summed E-state index contributed by atoms with van der Waals surface area (Å²) < 4.78 is 14.0. The number of hydrogen-bond donors (Lipinski definition) is 3. The third-order valence-electron chi connectivity index (χ3n) is 6.59. The zero-order chi connectivity index (χ0) is 23.2. The van der Waals surface area contributed by atoms with Crippen LogP contribution in [-0.2, 0) is 0 Å². The Labute approximate surface area is 194 Å². The molecule has 1 amide bonds. The summed E-state index contributed by atoms with van der Waals surface area (Å²) in [6.07, 6.45) is 3.32. The van der Waals surface area contributed by atoms with Gasteiger partial charge in [-0.15, -0.1) is 0 Å². The largest absolute Gasteiger partial charge is 0.382 e. The Morgan fingerprint density at radius 1 is 1.21 bits per heavy atom. The molecule has 1 aromatic heterocycles. The number of nitrogens with one attached hydrogen (secondary N) is 2. The summed E-state index contributed by atoms with van der Waals surface area (Å²) in [4.78, 5) is 32.0. The molecule has 1 spiro atoms. The van der Waals surface area contributed by atoms with Crippen molar-refractivity contribution in [2.45, 2.75) is 30.8 Å². The zero-order valence-electron chi connectivity index (χ0n) is 18.1. The van der Waals surface area contributed by atoms with Gasteiger partial charge in [0.2, 0.25) is 5.78 Å². The molecule has 7 nitrogen and oxygen atoms in total. The molecule has 2 fully saturated rings. The molecule has 170 valence electrons. The highest BCUT2D eigenvalue weighted by Crippen LogP contribution is 2.48. The molecule has 2 aromatic carbocycles. The zero-order valence-corrected chi connectivity index (χ0v) is 18.9. The number of thiazole rings is 1. The fourth-order valence-electron chi connectivity index (χ4n) is 4.60. The third-order valence-corrected chi connectivity index (χ3v) is 7.58. The molecule has 2 aliphatic rings. The minimum absolute atomic E-state index is 0.0435. The second-order valence-corrected chi connectivity index (χ2v) is 9.60. The third kappa shape index (κ3) is 3.98. The highest BCUT2D eigenvalue weighted by molar-refractivity contribution is 7.18. The van der Waals surface area contributed by atoms with Crippen LogP contribution in [-0.4, -0.2) is 46.7 Å². The Kier molecular flexibility index (Phi) is 5.38. The van der Waals surface area contributed by atoms with Crippen LogP contribution in [0.5, 0.6) is 0 Å². The van der Waals surface area contributed by atoms with E-state index in [1.807, 2.05) is 0 Å². The van der Waals surface area contributed by atoms with E-state index in [0.29, 0.717) is 16.4 Å². The van der Waals surface area contributed by atoms with Gasteiger partial charge in [-0.3, -0.25) is 14.5 Å². The minimum Gasteiger partial charge on any atom is -0.382 e. The molecule has 1 aliphatic carbocycles. The number of amides is 1. The number of likely N-dealkylation sites (tertiary alicyclic amines) is 1. The number of likely N-dealkylation sites (N-methyl/N-ethyl adjacent to an activating group) is 1. The monoisotopic (exact) mass is 465 g/mol. The number of nitrogens with two attached hydrogens (primary N) is 1. The normalized spacial score (nSPS) is 21.8. The maximum atomic E-state index is 14.0. The molecular weight excluding hydrogens is 441 g/mol. The van der Waals surface area contributed by atoms with Crippen LogP contribution in [0.25, 0.3) is 0 Å². The first-order chi connectivity index (χ1) is 15.9. The molecule has 3 aromatic rings. The Morgan fingerprint density at radius 2 is 1.97 bits per heavy atom. The highest BCUT2D eigenvalue weighted by Gasteiger charge is 2.59. The van der Waals surface area contributed by atoms with Crippen molar-refractivity contribution in [2.24, 2.45) is 0 Å². The predicted molar refractivity (Wildman–Crippen MR) is 127 cm³/mol. The Bertz CT molecular complexity index is 1230. The molecule has 2 atom stereocenters. The number of benzene rings is 2. The van der Waals surface area contributed by atoms with Crippen LogP contribution in [0.15, 0.2) is 48.5 Å². The number of halogens is 1. The van der Waals surface area contributed by atoms with Crippen molar-refractivity contribution in [1.82, 2.24) is 15.2 Å². The fourth-order valence-corrected chi connectivity index (χ4v) is 5.46. The van der Waals surface area contributed by atoms with Gasteiger partial charge in [-0.05, 0) is 69.3 Å². The first-order valence-electron chi connectivity index (χ1n) is 10.8. The van der Waals surface area contributed by atoms with Gasteiger partial charge >= 0.3 is 0 Å². The summed E-state index contributed by atoms with van der Waals surface area (Å²) in [5.41, 5.74) is 7.30. The van der Waals surface area contributed by atoms with E-state index in [0.717, 1.165) is 30.7 Å². The van der Waals surface area contributed by atoms with Gasteiger partial charge in [0.15, 0.2) is 5.13 Å². The van der Waals surface area contributed by atoms with Crippen LogP contribution < -0.4 is 16.4 Å². The van der Waals surface area contributed by atoms with Gasteiger partial charge in [0, 0.05) is 22.8 Å². The van der Waals surface area contributed by atoms with Crippen LogP contribution >= 0.6 is 11.3 Å².